The minimum atomic E-state index is -0.180. The van der Waals surface area contributed by atoms with Gasteiger partial charge in [-0.15, -0.1) is 0 Å². The van der Waals surface area contributed by atoms with Crippen LogP contribution in [0.5, 0.6) is 0 Å². The highest BCUT2D eigenvalue weighted by atomic mass is 35.5. The lowest BCUT2D eigenvalue weighted by Crippen LogP contribution is -2.28. The Hall–Kier alpha value is -2.33. The Morgan fingerprint density at radius 3 is 2.68 bits per heavy atom. The van der Waals surface area contributed by atoms with Gasteiger partial charge < -0.3 is 10.2 Å². The van der Waals surface area contributed by atoms with Crippen molar-refractivity contribution in [3.63, 3.8) is 0 Å². The predicted octanol–water partition coefficient (Wildman–Crippen LogP) is 4.27. The van der Waals surface area contributed by atoms with Gasteiger partial charge in [0, 0.05) is 18.5 Å². The van der Waals surface area contributed by atoms with E-state index in [0.717, 1.165) is 17.5 Å². The van der Waals surface area contributed by atoms with E-state index in [-0.39, 0.29) is 17.9 Å². The molecule has 1 N–H and O–H groups in total. The molecular formula is C20H21ClN2O2. The number of anilines is 1. The third-order valence-electron chi connectivity index (χ3n) is 4.58. The second kappa shape index (κ2) is 7.28. The van der Waals surface area contributed by atoms with Gasteiger partial charge in [-0.2, -0.15) is 0 Å². The Kier molecular flexibility index (Phi) is 5.09. The molecule has 1 fully saturated rings. The first-order chi connectivity index (χ1) is 12.0. The number of hydrogen-bond acceptors (Lipinski definition) is 2. The van der Waals surface area contributed by atoms with Crippen LogP contribution in [0.1, 0.15) is 47.3 Å². The SMILES string of the molecule is Cc1ccccc1C(C)NC(=O)c1ccc(Cl)c(N2CCCC2=O)c1. The monoisotopic (exact) mass is 356 g/mol. The van der Waals surface area contributed by atoms with Gasteiger partial charge in [-0.05, 0) is 49.6 Å². The molecule has 0 bridgehead atoms. The Balaban J connectivity index is 1.81. The highest BCUT2D eigenvalue weighted by molar-refractivity contribution is 6.34. The first kappa shape index (κ1) is 17.5. The number of carbonyl (C=O) groups is 2. The topological polar surface area (TPSA) is 49.4 Å². The number of halogens is 1. The summed E-state index contributed by atoms with van der Waals surface area (Å²) in [7, 11) is 0. The van der Waals surface area contributed by atoms with Crippen molar-refractivity contribution in [2.24, 2.45) is 0 Å². The molecule has 2 aromatic carbocycles. The van der Waals surface area contributed by atoms with E-state index in [1.165, 1.54) is 0 Å². The smallest absolute Gasteiger partial charge is 0.251 e. The van der Waals surface area contributed by atoms with Crippen LogP contribution in [0.2, 0.25) is 5.02 Å². The molecule has 1 saturated heterocycles. The van der Waals surface area contributed by atoms with Gasteiger partial charge in [0.15, 0.2) is 0 Å². The van der Waals surface area contributed by atoms with E-state index in [4.69, 9.17) is 11.6 Å². The molecule has 1 heterocycles. The van der Waals surface area contributed by atoms with Crippen LogP contribution in [0.15, 0.2) is 42.5 Å². The molecule has 130 valence electrons. The number of amides is 2. The zero-order valence-corrected chi connectivity index (χ0v) is 15.1. The fourth-order valence-electron chi connectivity index (χ4n) is 3.19. The van der Waals surface area contributed by atoms with Crippen molar-refractivity contribution < 1.29 is 9.59 Å². The number of aryl methyl sites for hydroxylation is 1. The van der Waals surface area contributed by atoms with Crippen LogP contribution in [0, 0.1) is 6.92 Å². The van der Waals surface area contributed by atoms with E-state index in [1.807, 2.05) is 38.1 Å². The standard InChI is InChI=1S/C20H21ClN2O2/c1-13-6-3-4-7-16(13)14(2)22-20(25)15-9-10-17(21)18(12-15)23-11-5-8-19(23)24/h3-4,6-7,9-10,12,14H,5,8,11H2,1-2H3,(H,22,25). The van der Waals surface area contributed by atoms with Crippen LogP contribution in [0.3, 0.4) is 0 Å². The molecule has 1 aliphatic heterocycles. The molecule has 1 unspecified atom stereocenters. The Morgan fingerprint density at radius 1 is 1.24 bits per heavy atom. The maximum absolute atomic E-state index is 12.6. The molecule has 0 spiro atoms. The Morgan fingerprint density at radius 2 is 2.00 bits per heavy atom. The van der Waals surface area contributed by atoms with E-state index in [2.05, 4.69) is 5.32 Å². The van der Waals surface area contributed by atoms with Crippen molar-refractivity contribution in [2.75, 3.05) is 11.4 Å². The third kappa shape index (κ3) is 3.69. The van der Waals surface area contributed by atoms with E-state index in [1.54, 1.807) is 23.1 Å². The van der Waals surface area contributed by atoms with Crippen LogP contribution in [-0.4, -0.2) is 18.4 Å². The minimum absolute atomic E-state index is 0.0488. The summed E-state index contributed by atoms with van der Waals surface area (Å²) in [6.07, 6.45) is 1.34. The van der Waals surface area contributed by atoms with Gasteiger partial charge in [0.25, 0.3) is 5.91 Å². The van der Waals surface area contributed by atoms with Crippen LogP contribution in [-0.2, 0) is 4.79 Å². The molecular weight excluding hydrogens is 336 g/mol. The highest BCUT2D eigenvalue weighted by Gasteiger charge is 2.24. The van der Waals surface area contributed by atoms with E-state index < -0.39 is 0 Å². The lowest BCUT2D eigenvalue weighted by molar-refractivity contribution is -0.117. The normalized spacial score (nSPS) is 15.3. The van der Waals surface area contributed by atoms with Crippen molar-refractivity contribution in [2.45, 2.75) is 32.7 Å². The molecule has 1 atom stereocenters. The maximum atomic E-state index is 12.6. The van der Waals surface area contributed by atoms with Gasteiger partial charge in [-0.1, -0.05) is 35.9 Å². The number of rotatable bonds is 4. The van der Waals surface area contributed by atoms with Gasteiger partial charge in [0.1, 0.15) is 0 Å². The molecule has 1 aliphatic rings. The van der Waals surface area contributed by atoms with Gasteiger partial charge in [-0.3, -0.25) is 9.59 Å². The quantitative estimate of drug-likeness (QED) is 0.889. The summed E-state index contributed by atoms with van der Waals surface area (Å²) >= 11 is 6.24. The molecule has 4 nitrogen and oxygen atoms in total. The van der Waals surface area contributed by atoms with Crippen molar-refractivity contribution in [1.29, 1.82) is 0 Å². The minimum Gasteiger partial charge on any atom is -0.346 e. The zero-order chi connectivity index (χ0) is 18.0. The average molecular weight is 357 g/mol. The summed E-state index contributed by atoms with van der Waals surface area (Å²) in [6, 6.07) is 12.9. The maximum Gasteiger partial charge on any atom is 0.251 e. The molecule has 0 aliphatic carbocycles. The first-order valence-electron chi connectivity index (χ1n) is 8.43. The van der Waals surface area contributed by atoms with Crippen LogP contribution in [0.25, 0.3) is 0 Å². The Bertz CT molecular complexity index is 819. The molecule has 0 radical (unpaired) electrons. The molecule has 25 heavy (non-hydrogen) atoms. The fraction of sp³-hybridized carbons (Fsp3) is 0.300. The van der Waals surface area contributed by atoms with Crippen molar-refractivity contribution >= 4 is 29.1 Å². The van der Waals surface area contributed by atoms with Crippen LogP contribution in [0.4, 0.5) is 5.69 Å². The van der Waals surface area contributed by atoms with Crippen molar-refractivity contribution in [3.05, 3.63) is 64.2 Å². The lowest BCUT2D eigenvalue weighted by Gasteiger charge is -2.20. The summed E-state index contributed by atoms with van der Waals surface area (Å²) in [5, 5.41) is 3.50. The number of nitrogens with zero attached hydrogens (tertiary/aromatic N) is 1. The van der Waals surface area contributed by atoms with Gasteiger partial charge in [0.2, 0.25) is 5.91 Å². The Labute approximate surface area is 152 Å². The number of nitrogens with one attached hydrogen (secondary N) is 1. The van der Waals surface area contributed by atoms with Gasteiger partial charge >= 0.3 is 0 Å². The van der Waals surface area contributed by atoms with E-state index in [9.17, 15) is 9.59 Å². The van der Waals surface area contributed by atoms with E-state index in [0.29, 0.717) is 29.2 Å². The summed E-state index contributed by atoms with van der Waals surface area (Å²) in [6.45, 7) is 4.63. The third-order valence-corrected chi connectivity index (χ3v) is 4.89. The molecule has 5 heteroatoms. The lowest BCUT2D eigenvalue weighted by atomic mass is 10.0. The number of benzene rings is 2. The largest absolute Gasteiger partial charge is 0.346 e. The van der Waals surface area contributed by atoms with Gasteiger partial charge in [-0.25, -0.2) is 0 Å². The van der Waals surface area contributed by atoms with Gasteiger partial charge in [0.05, 0.1) is 16.8 Å². The number of carbonyl (C=O) groups excluding carboxylic acids is 2. The molecule has 0 saturated carbocycles. The van der Waals surface area contributed by atoms with Crippen LogP contribution >= 0.6 is 11.6 Å². The zero-order valence-electron chi connectivity index (χ0n) is 14.4. The first-order valence-corrected chi connectivity index (χ1v) is 8.81. The molecule has 3 rings (SSSR count). The summed E-state index contributed by atoms with van der Waals surface area (Å²) in [5.41, 5.74) is 3.33. The van der Waals surface area contributed by atoms with E-state index >= 15 is 0 Å². The van der Waals surface area contributed by atoms with Crippen molar-refractivity contribution in [3.8, 4) is 0 Å². The molecule has 2 aromatic rings. The second-order valence-electron chi connectivity index (χ2n) is 6.37. The highest BCUT2D eigenvalue weighted by Crippen LogP contribution is 2.30. The summed E-state index contributed by atoms with van der Waals surface area (Å²) in [5.74, 6) is -0.131. The molecule has 2 amide bonds. The predicted molar refractivity (Wildman–Crippen MR) is 100 cm³/mol. The summed E-state index contributed by atoms with van der Waals surface area (Å²) in [4.78, 5) is 26.3. The second-order valence-corrected chi connectivity index (χ2v) is 6.77. The van der Waals surface area contributed by atoms with Crippen LogP contribution < -0.4 is 10.2 Å². The number of hydrogen-bond donors (Lipinski definition) is 1. The van der Waals surface area contributed by atoms with Crippen molar-refractivity contribution in [1.82, 2.24) is 5.32 Å². The average Bonchev–Trinajstić information content (AvgIpc) is 3.01. The summed E-state index contributed by atoms with van der Waals surface area (Å²) < 4.78 is 0. The fourth-order valence-corrected chi connectivity index (χ4v) is 3.41. The molecule has 0 aromatic heterocycles.